The summed E-state index contributed by atoms with van der Waals surface area (Å²) in [5.41, 5.74) is 0.745. The molecule has 0 radical (unpaired) electrons. The van der Waals surface area contributed by atoms with Crippen molar-refractivity contribution in [3.05, 3.63) is 35.6 Å². The molecule has 116 valence electrons. The molecule has 0 aliphatic heterocycles. The van der Waals surface area contributed by atoms with Gasteiger partial charge in [-0.2, -0.15) is 4.98 Å². The van der Waals surface area contributed by atoms with E-state index in [-0.39, 0.29) is 11.4 Å². The van der Waals surface area contributed by atoms with E-state index >= 15 is 0 Å². The average molecular weight is 319 g/mol. The number of anilines is 1. The number of allylic oxidation sites excluding steroid dienone is 1. The Morgan fingerprint density at radius 1 is 1.36 bits per heavy atom. The number of benzene rings is 1. The van der Waals surface area contributed by atoms with Crippen molar-refractivity contribution < 1.29 is 4.74 Å². The quantitative estimate of drug-likeness (QED) is 0.524. The highest BCUT2D eigenvalue weighted by Crippen LogP contribution is 2.27. The Balaban J connectivity index is 2.50. The number of rotatable bonds is 4. The maximum absolute atomic E-state index is 6.00. The van der Waals surface area contributed by atoms with Crippen LogP contribution in [0.1, 0.15) is 20.8 Å². The van der Waals surface area contributed by atoms with Crippen molar-refractivity contribution in [2.45, 2.75) is 26.9 Å². The minimum Gasteiger partial charge on any atom is -0.491 e. The minimum atomic E-state index is 0.0952. The molecular weight excluding hydrogens is 300 g/mol. The van der Waals surface area contributed by atoms with Gasteiger partial charge in [-0.25, -0.2) is 4.98 Å². The summed E-state index contributed by atoms with van der Waals surface area (Å²) in [5.74, 6) is 2.05. The third-order valence-corrected chi connectivity index (χ3v) is 2.99. The second kappa shape index (κ2) is 7.22. The monoisotopic (exact) mass is 318 g/mol. The van der Waals surface area contributed by atoms with Gasteiger partial charge in [0.2, 0.25) is 5.28 Å². The van der Waals surface area contributed by atoms with Crippen LogP contribution in [0.25, 0.3) is 10.9 Å². The van der Waals surface area contributed by atoms with Crippen molar-refractivity contribution in [2.75, 3.05) is 12.4 Å². The number of aromatic nitrogens is 2. The van der Waals surface area contributed by atoms with Gasteiger partial charge < -0.3 is 10.1 Å². The molecule has 0 saturated heterocycles. The summed E-state index contributed by atoms with van der Waals surface area (Å²) in [6, 6.07) is 5.64. The predicted molar refractivity (Wildman–Crippen MR) is 92.1 cm³/mol. The molecule has 0 spiro atoms. The topological polar surface area (TPSA) is 59.4 Å². The van der Waals surface area contributed by atoms with Gasteiger partial charge >= 0.3 is 0 Å². The fourth-order valence-electron chi connectivity index (χ4n) is 1.97. The van der Waals surface area contributed by atoms with E-state index in [2.05, 4.69) is 20.3 Å². The zero-order chi connectivity index (χ0) is 16.1. The summed E-state index contributed by atoms with van der Waals surface area (Å²) in [4.78, 5) is 12.7. The van der Waals surface area contributed by atoms with Crippen LogP contribution < -0.4 is 10.1 Å². The van der Waals surface area contributed by atoms with Gasteiger partial charge in [-0.05, 0) is 56.6 Å². The molecule has 1 aromatic carbocycles. The number of nitrogens with one attached hydrogen (secondary N) is 1. The van der Waals surface area contributed by atoms with Gasteiger partial charge in [-0.1, -0.05) is 6.08 Å². The molecule has 0 aliphatic carbocycles. The van der Waals surface area contributed by atoms with Gasteiger partial charge in [0.05, 0.1) is 11.6 Å². The molecule has 22 heavy (non-hydrogen) atoms. The van der Waals surface area contributed by atoms with E-state index in [1.807, 2.05) is 51.1 Å². The summed E-state index contributed by atoms with van der Waals surface area (Å²) in [6.45, 7) is 5.89. The number of halogens is 1. The second-order valence-electron chi connectivity index (χ2n) is 4.92. The van der Waals surface area contributed by atoms with Crippen molar-refractivity contribution in [1.29, 1.82) is 0 Å². The third-order valence-electron chi connectivity index (χ3n) is 2.82. The first-order valence-electron chi connectivity index (χ1n) is 7.04. The molecule has 6 heteroatoms. The Hall–Kier alpha value is -2.14. The molecular formula is C16H19ClN4O. The fraction of sp³-hybridized carbons (Fsp3) is 0.312. The first kappa shape index (κ1) is 16.2. The standard InChI is InChI=1S/C16H19ClN4O/c1-5-6-14(18-4)20-15-12-9-11(22-10(2)3)7-8-13(12)19-16(17)21-15/h5-10H,1-4H3,(H,18,19,20,21)/b6-5-. The zero-order valence-corrected chi connectivity index (χ0v) is 13.8. The lowest BCUT2D eigenvalue weighted by Crippen LogP contribution is -2.11. The van der Waals surface area contributed by atoms with E-state index in [0.29, 0.717) is 11.7 Å². The number of hydrogen-bond donors (Lipinski definition) is 1. The Morgan fingerprint density at radius 3 is 2.77 bits per heavy atom. The average Bonchev–Trinajstić information content (AvgIpc) is 2.46. The Labute approximate surface area is 135 Å². The molecule has 1 heterocycles. The number of nitrogens with zero attached hydrogens (tertiary/aromatic N) is 3. The maximum atomic E-state index is 6.00. The van der Waals surface area contributed by atoms with E-state index in [1.54, 1.807) is 7.05 Å². The molecule has 5 nitrogen and oxygen atoms in total. The molecule has 2 aromatic rings. The molecule has 0 unspecified atom stereocenters. The second-order valence-corrected chi connectivity index (χ2v) is 5.26. The fourth-order valence-corrected chi connectivity index (χ4v) is 2.15. The minimum absolute atomic E-state index is 0.0952. The van der Waals surface area contributed by atoms with Crippen LogP contribution in [0.4, 0.5) is 5.82 Å². The molecule has 0 bridgehead atoms. The summed E-state index contributed by atoms with van der Waals surface area (Å²) >= 11 is 6.00. The van der Waals surface area contributed by atoms with Crippen molar-refractivity contribution in [1.82, 2.24) is 9.97 Å². The molecule has 1 aromatic heterocycles. The number of fused-ring (bicyclic) bond motifs is 1. The Morgan fingerprint density at radius 2 is 2.14 bits per heavy atom. The van der Waals surface area contributed by atoms with E-state index < -0.39 is 0 Å². The lowest BCUT2D eigenvalue weighted by atomic mass is 10.2. The van der Waals surface area contributed by atoms with Gasteiger partial charge in [0, 0.05) is 12.4 Å². The normalized spacial score (nSPS) is 12.4. The highest BCUT2D eigenvalue weighted by atomic mass is 35.5. The third kappa shape index (κ3) is 3.95. The van der Waals surface area contributed by atoms with Crippen molar-refractivity contribution in [3.63, 3.8) is 0 Å². The smallest absolute Gasteiger partial charge is 0.224 e. The summed E-state index contributed by atoms with van der Waals surface area (Å²) in [6.07, 6.45) is 3.85. The van der Waals surface area contributed by atoms with Crippen LogP contribution in [-0.2, 0) is 0 Å². The lowest BCUT2D eigenvalue weighted by Gasteiger charge is -2.12. The van der Waals surface area contributed by atoms with Crippen LogP contribution in [0.15, 0.2) is 35.3 Å². The van der Waals surface area contributed by atoms with E-state index in [1.165, 1.54) is 0 Å². The molecule has 1 N–H and O–H groups in total. The van der Waals surface area contributed by atoms with E-state index in [9.17, 15) is 0 Å². The molecule has 0 saturated carbocycles. The molecule has 0 fully saturated rings. The highest BCUT2D eigenvalue weighted by Gasteiger charge is 2.10. The van der Waals surface area contributed by atoms with Crippen LogP contribution in [0.3, 0.4) is 0 Å². The van der Waals surface area contributed by atoms with Gasteiger partial charge in [0.15, 0.2) is 0 Å². The Bertz CT molecular complexity index is 725. The molecule has 2 rings (SSSR count). The molecule has 0 atom stereocenters. The van der Waals surface area contributed by atoms with Crippen LogP contribution in [0.2, 0.25) is 5.28 Å². The van der Waals surface area contributed by atoms with Crippen molar-refractivity contribution in [3.8, 4) is 5.75 Å². The number of hydrogen-bond acceptors (Lipinski definition) is 4. The number of amidine groups is 1. The van der Waals surface area contributed by atoms with Crippen LogP contribution >= 0.6 is 11.6 Å². The van der Waals surface area contributed by atoms with Gasteiger partial charge in [-0.15, -0.1) is 0 Å². The van der Waals surface area contributed by atoms with E-state index in [4.69, 9.17) is 16.3 Å². The summed E-state index contributed by atoms with van der Waals surface area (Å²) < 4.78 is 5.73. The Kier molecular flexibility index (Phi) is 5.33. The van der Waals surface area contributed by atoms with Gasteiger partial charge in [0.1, 0.15) is 17.4 Å². The number of ether oxygens (including phenoxy) is 1. The highest BCUT2D eigenvalue weighted by molar-refractivity contribution is 6.29. The maximum Gasteiger partial charge on any atom is 0.224 e. The molecule has 0 amide bonds. The zero-order valence-electron chi connectivity index (χ0n) is 13.1. The summed E-state index contributed by atoms with van der Waals surface area (Å²) in [5, 5.41) is 4.18. The largest absolute Gasteiger partial charge is 0.491 e. The number of aliphatic imine (C=N–C) groups is 1. The predicted octanol–water partition coefficient (Wildman–Crippen LogP) is 4.09. The van der Waals surface area contributed by atoms with Crippen LogP contribution in [0.5, 0.6) is 5.75 Å². The first-order chi connectivity index (χ1) is 10.5. The van der Waals surface area contributed by atoms with Crippen molar-refractivity contribution in [2.24, 2.45) is 4.99 Å². The van der Waals surface area contributed by atoms with Gasteiger partial charge in [0.25, 0.3) is 0 Å². The summed E-state index contributed by atoms with van der Waals surface area (Å²) in [7, 11) is 1.71. The first-order valence-corrected chi connectivity index (χ1v) is 7.41. The molecule has 0 aliphatic rings. The van der Waals surface area contributed by atoms with Crippen LogP contribution in [-0.4, -0.2) is 29.0 Å². The SMILES string of the molecule is C/C=C\C(=NC)Nc1nc(Cl)nc2ccc(OC(C)C)cc12. The lowest BCUT2D eigenvalue weighted by molar-refractivity contribution is 0.243. The van der Waals surface area contributed by atoms with Crippen molar-refractivity contribution >= 4 is 34.2 Å². The van der Waals surface area contributed by atoms with Gasteiger partial charge in [-0.3, -0.25) is 4.99 Å². The van der Waals surface area contributed by atoms with E-state index in [0.717, 1.165) is 16.7 Å². The van der Waals surface area contributed by atoms with Crippen LogP contribution in [0, 0.1) is 0 Å².